The molecule has 46 heavy (non-hydrogen) atoms. The Bertz CT molecular complexity index is 2100. The van der Waals surface area contributed by atoms with Gasteiger partial charge in [-0.15, -0.1) is 11.3 Å². The minimum atomic E-state index is -0.524. The normalized spacial score (nSPS) is 12.7. The van der Waals surface area contributed by atoms with Crippen LogP contribution in [0.1, 0.15) is 16.0 Å². The first-order valence-electron chi connectivity index (χ1n) is 14.7. The number of aromatic nitrogens is 2. The molecular formula is C36H29N5O4S. The number of thiophene rings is 1. The molecule has 10 heteroatoms. The van der Waals surface area contributed by atoms with Gasteiger partial charge in [0.2, 0.25) is 5.52 Å². The molecule has 3 heterocycles. The number of nitro benzene ring substituents is 1. The van der Waals surface area contributed by atoms with E-state index in [0.29, 0.717) is 11.5 Å². The van der Waals surface area contributed by atoms with Crippen LogP contribution in [0.5, 0.6) is 11.5 Å². The summed E-state index contributed by atoms with van der Waals surface area (Å²) in [5, 5.41) is 18.7. The average Bonchev–Trinajstić information content (AvgIpc) is 3.76. The molecule has 6 aromatic rings. The maximum Gasteiger partial charge on any atom is 0.301 e. The zero-order chi connectivity index (χ0) is 31.6. The summed E-state index contributed by atoms with van der Waals surface area (Å²) in [7, 11) is 4.10. The lowest BCUT2D eigenvalue weighted by Crippen LogP contribution is -2.26. The first-order valence-corrected chi connectivity index (χ1v) is 15.5. The maximum absolute atomic E-state index is 11.3. The minimum Gasteiger partial charge on any atom is -0.455 e. The number of ether oxygens (including phenoxy) is 1. The predicted octanol–water partition coefficient (Wildman–Crippen LogP) is 8.83. The van der Waals surface area contributed by atoms with Gasteiger partial charge in [-0.25, -0.2) is 4.63 Å². The van der Waals surface area contributed by atoms with Crippen LogP contribution < -0.4 is 14.5 Å². The van der Waals surface area contributed by atoms with Crippen LogP contribution in [0.3, 0.4) is 0 Å². The van der Waals surface area contributed by atoms with E-state index in [1.807, 2.05) is 24.3 Å². The van der Waals surface area contributed by atoms with Gasteiger partial charge >= 0.3 is 5.69 Å². The van der Waals surface area contributed by atoms with Gasteiger partial charge in [-0.1, -0.05) is 54.6 Å². The highest BCUT2D eigenvalue weighted by molar-refractivity contribution is 7.16. The molecule has 0 N–H and O–H groups in total. The molecule has 0 amide bonds. The molecule has 7 rings (SSSR count). The number of nitro groups is 1. The van der Waals surface area contributed by atoms with Crippen molar-refractivity contribution >= 4 is 51.1 Å². The predicted molar refractivity (Wildman–Crippen MR) is 184 cm³/mol. The van der Waals surface area contributed by atoms with Gasteiger partial charge in [0.25, 0.3) is 0 Å². The Kier molecular flexibility index (Phi) is 7.78. The summed E-state index contributed by atoms with van der Waals surface area (Å²) in [5.74, 6) is 0.915. The molecule has 0 bridgehead atoms. The van der Waals surface area contributed by atoms with Crippen molar-refractivity contribution in [1.29, 1.82) is 0 Å². The van der Waals surface area contributed by atoms with Crippen molar-refractivity contribution < 1.29 is 14.3 Å². The Morgan fingerprint density at radius 3 is 2.50 bits per heavy atom. The first kappa shape index (κ1) is 29.0. The van der Waals surface area contributed by atoms with Crippen LogP contribution in [-0.2, 0) is 6.54 Å². The van der Waals surface area contributed by atoms with E-state index in [4.69, 9.17) is 9.37 Å². The fraction of sp³-hybridized carbons (Fsp3) is 0.111. The van der Waals surface area contributed by atoms with Gasteiger partial charge in [0.15, 0.2) is 11.3 Å². The summed E-state index contributed by atoms with van der Waals surface area (Å²) in [6.45, 7) is 1.50. The number of anilines is 2. The molecule has 228 valence electrons. The molecule has 4 aromatic carbocycles. The lowest BCUT2D eigenvalue weighted by atomic mass is 9.98. The molecule has 0 aliphatic carbocycles. The number of hydrogen-bond donors (Lipinski definition) is 0. The third-order valence-corrected chi connectivity index (χ3v) is 8.99. The number of benzene rings is 4. The Labute approximate surface area is 269 Å². The van der Waals surface area contributed by atoms with Crippen molar-refractivity contribution in [3.8, 4) is 21.9 Å². The fourth-order valence-electron chi connectivity index (χ4n) is 5.48. The number of fused-ring (bicyclic) bond motifs is 2. The molecule has 0 spiro atoms. The van der Waals surface area contributed by atoms with Gasteiger partial charge in [0.05, 0.1) is 4.92 Å². The maximum atomic E-state index is 11.3. The standard InChI is InChI=1S/C36H29N5O4S/c1-39(2)27-12-9-26(10-13-27)34-20-17-29(46-34)16-11-25-21-22-40(31-6-4-3-5-30(25)31)23-24-7-14-28(15-8-24)44-33-19-18-32(41(42)43)35-36(33)38-45-37-35/h3-21H,22-23H2,1-2H3/b16-11+. The van der Waals surface area contributed by atoms with Gasteiger partial charge < -0.3 is 14.5 Å². The van der Waals surface area contributed by atoms with Crippen LogP contribution in [0.15, 0.2) is 114 Å². The molecule has 0 saturated heterocycles. The summed E-state index contributed by atoms with van der Waals surface area (Å²) >= 11 is 1.79. The number of hydrogen-bond acceptors (Lipinski definition) is 9. The van der Waals surface area contributed by atoms with E-state index >= 15 is 0 Å². The third kappa shape index (κ3) is 5.85. The minimum absolute atomic E-state index is 0.0521. The molecular weight excluding hydrogens is 598 g/mol. The number of nitrogens with zero attached hydrogens (tertiary/aromatic N) is 5. The van der Waals surface area contributed by atoms with Crippen LogP contribution in [0.4, 0.5) is 17.1 Å². The summed E-state index contributed by atoms with van der Waals surface area (Å²) in [4.78, 5) is 17.7. The number of rotatable bonds is 9. The van der Waals surface area contributed by atoms with Gasteiger partial charge in [0.1, 0.15) is 5.75 Å². The van der Waals surface area contributed by atoms with Crippen molar-refractivity contribution in [2.24, 2.45) is 0 Å². The summed E-state index contributed by atoms with van der Waals surface area (Å²) in [6.07, 6.45) is 6.69. The monoisotopic (exact) mass is 627 g/mol. The van der Waals surface area contributed by atoms with Gasteiger partial charge in [0, 0.05) is 59.9 Å². The summed E-state index contributed by atoms with van der Waals surface area (Å²) < 4.78 is 10.7. The lowest BCUT2D eigenvalue weighted by Gasteiger charge is -2.30. The van der Waals surface area contributed by atoms with Crippen molar-refractivity contribution in [2.75, 3.05) is 30.4 Å². The number of non-ortho nitro benzene ring substituents is 1. The highest BCUT2D eigenvalue weighted by Gasteiger charge is 2.21. The van der Waals surface area contributed by atoms with E-state index in [9.17, 15) is 10.1 Å². The Balaban J connectivity index is 1.03. The molecule has 9 nitrogen and oxygen atoms in total. The van der Waals surface area contributed by atoms with Gasteiger partial charge in [-0.05, 0) is 81.6 Å². The second-order valence-electron chi connectivity index (χ2n) is 11.1. The molecule has 0 atom stereocenters. The molecule has 1 aliphatic heterocycles. The zero-order valence-electron chi connectivity index (χ0n) is 25.2. The van der Waals surface area contributed by atoms with E-state index in [2.05, 4.69) is 113 Å². The van der Waals surface area contributed by atoms with Crippen LogP contribution in [0.2, 0.25) is 0 Å². The Morgan fingerprint density at radius 2 is 1.72 bits per heavy atom. The van der Waals surface area contributed by atoms with E-state index in [1.54, 1.807) is 11.3 Å². The van der Waals surface area contributed by atoms with Crippen molar-refractivity contribution in [3.05, 3.63) is 135 Å². The van der Waals surface area contributed by atoms with E-state index in [0.717, 1.165) is 18.7 Å². The molecule has 2 aromatic heterocycles. The van der Waals surface area contributed by atoms with Crippen LogP contribution in [0, 0.1) is 10.1 Å². The molecule has 0 saturated carbocycles. The SMILES string of the molecule is CN(C)c1ccc(-c2ccc(/C=C/C3=CCN(Cc4ccc(Oc5ccc([N+](=O)[O-])c6nonc56)cc4)c4ccccc43)s2)cc1. The smallest absolute Gasteiger partial charge is 0.301 e. The Morgan fingerprint density at radius 1 is 0.935 bits per heavy atom. The van der Waals surface area contributed by atoms with Crippen LogP contribution in [-0.4, -0.2) is 35.9 Å². The van der Waals surface area contributed by atoms with E-state index in [1.165, 1.54) is 50.0 Å². The van der Waals surface area contributed by atoms with Gasteiger partial charge in [-0.2, -0.15) is 0 Å². The number of para-hydroxylation sites is 1. The Hall–Kier alpha value is -5.74. The lowest BCUT2D eigenvalue weighted by molar-refractivity contribution is -0.383. The molecule has 0 unspecified atom stereocenters. The first-order chi connectivity index (χ1) is 22.4. The van der Waals surface area contributed by atoms with E-state index in [-0.39, 0.29) is 16.7 Å². The van der Waals surface area contributed by atoms with E-state index < -0.39 is 4.92 Å². The van der Waals surface area contributed by atoms with Crippen molar-refractivity contribution in [2.45, 2.75) is 6.54 Å². The number of allylic oxidation sites excluding steroid dienone is 2. The average molecular weight is 628 g/mol. The molecule has 0 fully saturated rings. The van der Waals surface area contributed by atoms with Gasteiger partial charge in [-0.3, -0.25) is 10.1 Å². The van der Waals surface area contributed by atoms with Crippen molar-refractivity contribution in [1.82, 2.24) is 10.3 Å². The zero-order valence-corrected chi connectivity index (χ0v) is 26.0. The highest BCUT2D eigenvalue weighted by Crippen LogP contribution is 2.36. The largest absolute Gasteiger partial charge is 0.455 e. The second kappa shape index (κ2) is 12.3. The van der Waals surface area contributed by atoms with Crippen molar-refractivity contribution in [3.63, 3.8) is 0 Å². The molecule has 0 radical (unpaired) electrons. The third-order valence-electron chi connectivity index (χ3n) is 7.89. The fourth-order valence-corrected chi connectivity index (χ4v) is 6.40. The topological polar surface area (TPSA) is 97.8 Å². The quantitative estimate of drug-likeness (QED) is 0.116. The summed E-state index contributed by atoms with van der Waals surface area (Å²) in [6, 6.07) is 32.1. The van der Waals surface area contributed by atoms with Crippen LogP contribution >= 0.6 is 11.3 Å². The second-order valence-corrected chi connectivity index (χ2v) is 12.2. The highest BCUT2D eigenvalue weighted by atomic mass is 32.1. The van der Waals surface area contributed by atoms with Crippen LogP contribution in [0.25, 0.3) is 33.1 Å². The summed E-state index contributed by atoms with van der Waals surface area (Å²) in [5.41, 5.74) is 7.20. The molecule has 1 aliphatic rings.